The highest BCUT2D eigenvalue weighted by molar-refractivity contribution is 6.04. The highest BCUT2D eigenvalue weighted by Crippen LogP contribution is 2.28. The maximum atomic E-state index is 13.8. The van der Waals surface area contributed by atoms with Gasteiger partial charge in [0, 0.05) is 25.7 Å². The first kappa shape index (κ1) is 21.5. The first-order valence-corrected chi connectivity index (χ1v) is 12.2. The smallest absolute Gasteiger partial charge is 0.254 e. The van der Waals surface area contributed by atoms with Crippen molar-refractivity contribution in [2.45, 2.75) is 45.2 Å². The number of nitrogens with one attached hydrogen (secondary N) is 1. The minimum atomic E-state index is -0.412. The average molecular weight is 465 g/mol. The Morgan fingerprint density at radius 2 is 1.77 bits per heavy atom. The molecule has 1 unspecified atom stereocenters. The van der Waals surface area contributed by atoms with E-state index in [1.807, 2.05) is 74.6 Å². The number of nitrogens with zero attached hydrogens (tertiary/aromatic N) is 5. The molecule has 1 N–H and O–H groups in total. The lowest BCUT2D eigenvalue weighted by Gasteiger charge is -2.19. The summed E-state index contributed by atoms with van der Waals surface area (Å²) < 4.78 is 4.26. The normalized spacial score (nSPS) is 14.6. The highest BCUT2D eigenvalue weighted by Gasteiger charge is 2.26. The third kappa shape index (κ3) is 3.77. The van der Waals surface area contributed by atoms with Crippen LogP contribution in [0.2, 0.25) is 0 Å². The molecule has 2 aromatic carbocycles. The van der Waals surface area contributed by atoms with E-state index in [2.05, 4.69) is 14.5 Å². The van der Waals surface area contributed by atoms with Crippen molar-refractivity contribution < 1.29 is 4.79 Å². The van der Waals surface area contributed by atoms with Crippen LogP contribution >= 0.6 is 0 Å². The van der Waals surface area contributed by atoms with Gasteiger partial charge in [-0.3, -0.25) is 4.79 Å². The van der Waals surface area contributed by atoms with E-state index < -0.39 is 6.04 Å². The third-order valence-electron chi connectivity index (χ3n) is 6.93. The van der Waals surface area contributed by atoms with Gasteiger partial charge in [0.25, 0.3) is 5.91 Å². The molecule has 0 radical (unpaired) electrons. The number of aryl methyl sites for hydroxylation is 4. The highest BCUT2D eigenvalue weighted by atomic mass is 16.1. The molecule has 7 heteroatoms. The quantitative estimate of drug-likeness (QED) is 0.412. The van der Waals surface area contributed by atoms with Crippen molar-refractivity contribution >= 4 is 28.1 Å². The summed E-state index contributed by atoms with van der Waals surface area (Å²) in [6.45, 7) is 2.84. The number of rotatable bonds is 4. The van der Waals surface area contributed by atoms with Gasteiger partial charge in [-0.1, -0.05) is 48.9 Å². The molecule has 1 aliphatic rings. The summed E-state index contributed by atoms with van der Waals surface area (Å²) in [6.07, 6.45) is 4.34. The van der Waals surface area contributed by atoms with Crippen molar-refractivity contribution in [1.82, 2.24) is 29.4 Å². The molecule has 0 fully saturated rings. The number of para-hydroxylation sites is 2. The van der Waals surface area contributed by atoms with Crippen LogP contribution in [0.1, 0.15) is 58.6 Å². The number of hydrogen-bond acceptors (Lipinski definition) is 4. The minimum Gasteiger partial charge on any atom is -0.338 e. The summed E-state index contributed by atoms with van der Waals surface area (Å²) in [4.78, 5) is 28.4. The van der Waals surface area contributed by atoms with E-state index in [9.17, 15) is 4.79 Å². The van der Waals surface area contributed by atoms with Crippen molar-refractivity contribution in [3.05, 3.63) is 89.1 Å². The van der Waals surface area contributed by atoms with Gasteiger partial charge in [-0.25, -0.2) is 15.0 Å². The van der Waals surface area contributed by atoms with Crippen LogP contribution in [0.25, 0.3) is 22.2 Å². The molecule has 1 aliphatic heterocycles. The van der Waals surface area contributed by atoms with Gasteiger partial charge >= 0.3 is 0 Å². The first-order chi connectivity index (χ1) is 17.1. The molecule has 4 heterocycles. The van der Waals surface area contributed by atoms with E-state index in [4.69, 9.17) is 15.0 Å². The molecular formula is C28H28N6O. The molecule has 0 saturated heterocycles. The fraction of sp³-hybridized carbons (Fsp3) is 0.286. The Balaban J connectivity index is 1.45. The van der Waals surface area contributed by atoms with Crippen LogP contribution < -0.4 is 5.32 Å². The van der Waals surface area contributed by atoms with Gasteiger partial charge in [-0.15, -0.1) is 0 Å². The predicted octanol–water partition coefficient (Wildman–Crippen LogP) is 4.87. The number of amides is 1. The maximum Gasteiger partial charge on any atom is 0.254 e. The zero-order valence-electron chi connectivity index (χ0n) is 20.0. The van der Waals surface area contributed by atoms with Crippen molar-refractivity contribution in [3.8, 4) is 0 Å². The van der Waals surface area contributed by atoms with Gasteiger partial charge in [-0.05, 0) is 43.5 Å². The van der Waals surface area contributed by atoms with Crippen LogP contribution in [0, 0.1) is 6.92 Å². The zero-order chi connectivity index (χ0) is 23.9. The van der Waals surface area contributed by atoms with E-state index in [-0.39, 0.29) is 5.91 Å². The average Bonchev–Trinajstić information content (AvgIpc) is 3.29. The molecule has 0 saturated carbocycles. The summed E-state index contributed by atoms with van der Waals surface area (Å²) in [6, 6.07) is 19.5. The van der Waals surface area contributed by atoms with Crippen LogP contribution in [0.5, 0.6) is 0 Å². The third-order valence-corrected chi connectivity index (χ3v) is 6.93. The van der Waals surface area contributed by atoms with Crippen molar-refractivity contribution in [3.63, 3.8) is 0 Å². The van der Waals surface area contributed by atoms with Crippen molar-refractivity contribution in [1.29, 1.82) is 0 Å². The van der Waals surface area contributed by atoms with Crippen molar-refractivity contribution in [2.24, 2.45) is 7.05 Å². The molecule has 0 spiro atoms. The second-order valence-electron chi connectivity index (χ2n) is 9.31. The van der Waals surface area contributed by atoms with Gasteiger partial charge < -0.3 is 14.5 Å². The Bertz CT molecular complexity index is 1550. The SMILES string of the molecule is Cc1cc(C(=O)NC(c2ccccc2)c2nc3ccccc3n2C)c2nc3n(c2n1)CCCCC3. The second kappa shape index (κ2) is 8.65. The largest absolute Gasteiger partial charge is 0.338 e. The lowest BCUT2D eigenvalue weighted by molar-refractivity contribution is 0.0942. The Hall–Kier alpha value is -4.00. The number of carbonyl (C=O) groups excluding carboxylic acids is 1. The van der Waals surface area contributed by atoms with Crippen LogP contribution in [0.4, 0.5) is 0 Å². The fourth-order valence-electron chi connectivity index (χ4n) is 5.16. The fourth-order valence-corrected chi connectivity index (χ4v) is 5.16. The summed E-state index contributed by atoms with van der Waals surface area (Å²) >= 11 is 0. The Morgan fingerprint density at radius 3 is 2.60 bits per heavy atom. The Kier molecular flexibility index (Phi) is 5.32. The molecule has 1 atom stereocenters. The Labute approximate surface area is 203 Å². The monoisotopic (exact) mass is 464 g/mol. The number of hydrogen-bond donors (Lipinski definition) is 1. The van der Waals surface area contributed by atoms with E-state index in [0.29, 0.717) is 11.1 Å². The van der Waals surface area contributed by atoms with Gasteiger partial charge in [0.15, 0.2) is 5.65 Å². The topological polar surface area (TPSA) is 77.6 Å². The predicted molar refractivity (Wildman–Crippen MR) is 136 cm³/mol. The van der Waals surface area contributed by atoms with Gasteiger partial charge in [0.05, 0.1) is 16.6 Å². The molecule has 0 bridgehead atoms. The number of imidazole rings is 2. The standard InChI is InChI=1S/C28H28N6O/c1-18-17-20(25-27(29-18)34-16-10-4-7-15-23(34)31-25)28(35)32-24(19-11-5-3-6-12-19)26-30-21-13-8-9-14-22(21)33(26)2/h3,5-6,8-9,11-14,17,24H,4,7,10,15-16H2,1-2H3,(H,32,35). The van der Waals surface area contributed by atoms with Crippen LogP contribution in [0.3, 0.4) is 0 Å². The number of carbonyl (C=O) groups is 1. The molecule has 5 aromatic rings. The summed E-state index contributed by atoms with van der Waals surface area (Å²) in [5.41, 5.74) is 5.77. The summed E-state index contributed by atoms with van der Waals surface area (Å²) in [7, 11) is 1.99. The summed E-state index contributed by atoms with van der Waals surface area (Å²) in [5.74, 6) is 1.64. The lowest BCUT2D eigenvalue weighted by atomic mass is 10.1. The minimum absolute atomic E-state index is 0.172. The molecule has 176 valence electrons. The van der Waals surface area contributed by atoms with Crippen molar-refractivity contribution in [2.75, 3.05) is 0 Å². The zero-order valence-corrected chi connectivity index (χ0v) is 20.0. The molecule has 3 aromatic heterocycles. The maximum absolute atomic E-state index is 13.8. The number of fused-ring (bicyclic) bond motifs is 4. The molecule has 35 heavy (non-hydrogen) atoms. The number of benzene rings is 2. The Morgan fingerprint density at radius 1 is 0.971 bits per heavy atom. The number of aromatic nitrogens is 5. The summed E-state index contributed by atoms with van der Waals surface area (Å²) in [5, 5.41) is 3.28. The van der Waals surface area contributed by atoms with Crippen LogP contribution in [-0.2, 0) is 20.0 Å². The first-order valence-electron chi connectivity index (χ1n) is 12.2. The molecule has 0 aliphatic carbocycles. The van der Waals surface area contributed by atoms with Crippen LogP contribution in [0.15, 0.2) is 60.7 Å². The van der Waals surface area contributed by atoms with Gasteiger partial charge in [-0.2, -0.15) is 0 Å². The molecular weight excluding hydrogens is 436 g/mol. The van der Waals surface area contributed by atoms with E-state index in [0.717, 1.165) is 65.4 Å². The van der Waals surface area contributed by atoms with E-state index >= 15 is 0 Å². The lowest BCUT2D eigenvalue weighted by Crippen LogP contribution is -2.31. The second-order valence-corrected chi connectivity index (χ2v) is 9.31. The van der Waals surface area contributed by atoms with E-state index in [1.165, 1.54) is 6.42 Å². The van der Waals surface area contributed by atoms with Gasteiger partial charge in [0.2, 0.25) is 0 Å². The molecule has 1 amide bonds. The molecule has 6 rings (SSSR count). The van der Waals surface area contributed by atoms with Crippen LogP contribution in [-0.4, -0.2) is 30.0 Å². The van der Waals surface area contributed by atoms with Gasteiger partial charge in [0.1, 0.15) is 23.2 Å². The molecule has 7 nitrogen and oxygen atoms in total. The number of pyridine rings is 1. The van der Waals surface area contributed by atoms with E-state index in [1.54, 1.807) is 0 Å².